The molecule has 0 aliphatic heterocycles. The summed E-state index contributed by atoms with van der Waals surface area (Å²) in [6.45, 7) is 3.67. The van der Waals surface area contributed by atoms with Crippen LogP contribution in [-0.2, 0) is 0 Å². The second-order valence-corrected chi connectivity index (χ2v) is 3.56. The van der Waals surface area contributed by atoms with E-state index in [2.05, 4.69) is 27.1 Å². The number of H-pyrrole nitrogens is 2. The number of rotatable bonds is 2. The Balaban J connectivity index is 2.31. The van der Waals surface area contributed by atoms with Crippen LogP contribution in [0.1, 0.15) is 0 Å². The molecule has 0 unspecified atom stereocenters. The van der Waals surface area contributed by atoms with E-state index in [9.17, 15) is 4.79 Å². The molecule has 2 aromatic rings. The number of anilines is 1. The number of pyridine rings is 1. The molecular formula is C10H9ClN4O. The summed E-state index contributed by atoms with van der Waals surface area (Å²) >= 11 is 5.69. The Bertz CT molecular complexity index is 610. The van der Waals surface area contributed by atoms with Crippen molar-refractivity contribution in [2.45, 2.75) is 0 Å². The Morgan fingerprint density at radius 2 is 2.25 bits per heavy atom. The molecule has 0 atom stereocenters. The molecule has 0 aromatic carbocycles. The van der Waals surface area contributed by atoms with Crippen LogP contribution in [0, 0.1) is 0 Å². The summed E-state index contributed by atoms with van der Waals surface area (Å²) < 4.78 is 0. The van der Waals surface area contributed by atoms with Gasteiger partial charge in [-0.25, -0.2) is 4.98 Å². The molecule has 2 heterocycles. The fourth-order valence-corrected chi connectivity index (χ4v) is 1.28. The van der Waals surface area contributed by atoms with Gasteiger partial charge in [-0.3, -0.25) is 15.0 Å². The third-order valence-electron chi connectivity index (χ3n) is 1.99. The Labute approximate surface area is 95.5 Å². The van der Waals surface area contributed by atoms with Gasteiger partial charge in [-0.1, -0.05) is 18.2 Å². The van der Waals surface area contributed by atoms with Crippen molar-refractivity contribution in [2.24, 2.45) is 0 Å². The third-order valence-corrected chi connectivity index (χ3v) is 2.21. The number of hydrogen-bond donors (Lipinski definition) is 3. The number of aromatic nitrogens is 3. The van der Waals surface area contributed by atoms with Gasteiger partial charge in [-0.05, 0) is 12.1 Å². The minimum absolute atomic E-state index is 0.230. The summed E-state index contributed by atoms with van der Waals surface area (Å²) in [5.74, 6) is 0.601. The largest absolute Gasteiger partial charge is 0.346 e. The lowest BCUT2D eigenvalue weighted by atomic mass is 10.4. The predicted molar refractivity (Wildman–Crippen MR) is 63.5 cm³/mol. The first-order valence-corrected chi connectivity index (χ1v) is 4.88. The van der Waals surface area contributed by atoms with Crippen LogP contribution in [0.5, 0.6) is 0 Å². The van der Waals surface area contributed by atoms with Crippen LogP contribution >= 0.6 is 11.6 Å². The molecule has 82 valence electrons. The molecule has 0 bridgehead atoms. The summed E-state index contributed by atoms with van der Waals surface area (Å²) in [6, 6.07) is 3.42. The van der Waals surface area contributed by atoms with E-state index in [0.29, 0.717) is 21.4 Å². The van der Waals surface area contributed by atoms with Crippen molar-refractivity contribution in [3.8, 4) is 0 Å². The van der Waals surface area contributed by atoms with Gasteiger partial charge in [-0.2, -0.15) is 0 Å². The van der Waals surface area contributed by atoms with Crippen LogP contribution in [0.4, 0.5) is 5.82 Å². The number of nitrogens with zero attached hydrogens (tertiary/aromatic N) is 1. The molecule has 2 aromatic heterocycles. The standard InChI is InChI=1S/C10H9ClN4O/c1-6-8(10(16)15-14-6)5-13-9-3-2-7(11)4-12-9/h2-5,14H,1H2,(H,12,13)(H,15,16)/b8-5-. The lowest BCUT2D eigenvalue weighted by Gasteiger charge is -1.97. The van der Waals surface area contributed by atoms with E-state index in [0.717, 1.165) is 0 Å². The highest BCUT2D eigenvalue weighted by molar-refractivity contribution is 6.30. The van der Waals surface area contributed by atoms with E-state index in [-0.39, 0.29) is 5.56 Å². The minimum Gasteiger partial charge on any atom is -0.346 e. The Morgan fingerprint density at radius 1 is 1.44 bits per heavy atom. The lowest BCUT2D eigenvalue weighted by molar-refractivity contribution is 1.04. The average molecular weight is 237 g/mol. The van der Waals surface area contributed by atoms with Crippen molar-refractivity contribution in [3.63, 3.8) is 0 Å². The molecule has 0 aliphatic carbocycles. The zero-order valence-corrected chi connectivity index (χ0v) is 9.01. The van der Waals surface area contributed by atoms with Crippen molar-refractivity contribution < 1.29 is 0 Å². The maximum Gasteiger partial charge on any atom is 0.273 e. The van der Waals surface area contributed by atoms with Crippen molar-refractivity contribution in [1.82, 2.24) is 15.2 Å². The van der Waals surface area contributed by atoms with Crippen LogP contribution in [0.3, 0.4) is 0 Å². The number of aromatic amines is 2. The maximum absolute atomic E-state index is 11.3. The second-order valence-electron chi connectivity index (χ2n) is 3.12. The van der Waals surface area contributed by atoms with Crippen LogP contribution < -0.4 is 21.4 Å². The summed E-state index contributed by atoms with van der Waals surface area (Å²) in [6.07, 6.45) is 3.05. The first-order chi connectivity index (χ1) is 7.66. The molecule has 6 heteroatoms. The van der Waals surface area contributed by atoms with Gasteiger partial charge < -0.3 is 5.32 Å². The van der Waals surface area contributed by atoms with Crippen LogP contribution in [0.25, 0.3) is 12.8 Å². The summed E-state index contributed by atoms with van der Waals surface area (Å²) in [4.78, 5) is 15.3. The Kier molecular flexibility index (Phi) is 2.78. The van der Waals surface area contributed by atoms with Crippen molar-refractivity contribution >= 4 is 30.2 Å². The molecule has 0 fully saturated rings. The Morgan fingerprint density at radius 3 is 2.81 bits per heavy atom. The topological polar surface area (TPSA) is 73.6 Å². The SMILES string of the molecule is C=c1[nH][nH]c(=O)/c1=C\Nc1ccc(Cl)cn1. The molecule has 0 amide bonds. The maximum atomic E-state index is 11.3. The van der Waals surface area contributed by atoms with Crippen molar-refractivity contribution in [3.05, 3.63) is 44.3 Å². The molecule has 0 aliphatic rings. The molecule has 0 saturated carbocycles. The van der Waals surface area contributed by atoms with E-state index >= 15 is 0 Å². The van der Waals surface area contributed by atoms with E-state index < -0.39 is 0 Å². The summed E-state index contributed by atoms with van der Waals surface area (Å²) in [5, 5.41) is 9.45. The van der Waals surface area contributed by atoms with Gasteiger partial charge in [0.1, 0.15) is 5.82 Å². The normalized spacial score (nSPS) is 11.7. The summed E-state index contributed by atoms with van der Waals surface area (Å²) in [5.41, 5.74) is -0.230. The van der Waals surface area contributed by atoms with Gasteiger partial charge in [0.15, 0.2) is 0 Å². The molecule has 2 rings (SSSR count). The van der Waals surface area contributed by atoms with Gasteiger partial charge in [0.2, 0.25) is 0 Å². The predicted octanol–water partition coefficient (Wildman–Crippen LogP) is 0.0118. The molecule has 0 radical (unpaired) electrons. The average Bonchev–Trinajstić information content (AvgIpc) is 2.59. The monoisotopic (exact) mass is 236 g/mol. The van der Waals surface area contributed by atoms with Crippen LogP contribution in [-0.4, -0.2) is 15.2 Å². The smallest absolute Gasteiger partial charge is 0.273 e. The Hall–Kier alpha value is -2.01. The minimum atomic E-state index is -0.230. The van der Waals surface area contributed by atoms with Gasteiger partial charge >= 0.3 is 0 Å². The number of hydrogen-bond acceptors (Lipinski definition) is 3. The molecule has 0 spiro atoms. The molecule has 16 heavy (non-hydrogen) atoms. The highest BCUT2D eigenvalue weighted by Gasteiger charge is 1.93. The van der Waals surface area contributed by atoms with Crippen molar-refractivity contribution in [2.75, 3.05) is 5.32 Å². The van der Waals surface area contributed by atoms with Gasteiger partial charge in [0.05, 0.1) is 15.6 Å². The lowest BCUT2D eigenvalue weighted by Crippen LogP contribution is -2.33. The quantitative estimate of drug-likeness (QED) is 0.688. The van der Waals surface area contributed by atoms with Crippen molar-refractivity contribution in [1.29, 1.82) is 0 Å². The number of halogens is 1. The highest BCUT2D eigenvalue weighted by Crippen LogP contribution is 2.08. The van der Waals surface area contributed by atoms with Gasteiger partial charge in [-0.15, -0.1) is 0 Å². The highest BCUT2D eigenvalue weighted by atomic mass is 35.5. The second kappa shape index (κ2) is 4.24. The molecule has 5 nitrogen and oxygen atoms in total. The zero-order valence-electron chi connectivity index (χ0n) is 8.25. The molecule has 3 N–H and O–H groups in total. The molecular weight excluding hydrogens is 228 g/mol. The van der Waals surface area contributed by atoms with Gasteiger partial charge in [0.25, 0.3) is 5.56 Å². The fourth-order valence-electron chi connectivity index (χ4n) is 1.16. The number of nitrogens with one attached hydrogen (secondary N) is 3. The van der Waals surface area contributed by atoms with E-state index in [1.54, 1.807) is 12.1 Å². The molecule has 0 saturated heterocycles. The van der Waals surface area contributed by atoms with Crippen LogP contribution in [0.2, 0.25) is 5.02 Å². The first-order valence-electron chi connectivity index (χ1n) is 4.51. The van der Waals surface area contributed by atoms with Gasteiger partial charge in [0, 0.05) is 12.4 Å². The van der Waals surface area contributed by atoms with E-state index in [1.807, 2.05) is 0 Å². The fraction of sp³-hybridized carbons (Fsp3) is 0. The summed E-state index contributed by atoms with van der Waals surface area (Å²) in [7, 11) is 0. The van der Waals surface area contributed by atoms with E-state index in [4.69, 9.17) is 11.6 Å². The third kappa shape index (κ3) is 2.14. The van der Waals surface area contributed by atoms with E-state index in [1.165, 1.54) is 12.4 Å². The zero-order chi connectivity index (χ0) is 11.5. The van der Waals surface area contributed by atoms with Crippen LogP contribution in [0.15, 0.2) is 23.1 Å². The first kappa shape index (κ1) is 10.5.